The molecule has 3 aromatic rings. The molecule has 208 valence electrons. The van der Waals surface area contributed by atoms with Gasteiger partial charge in [-0.3, -0.25) is 9.48 Å². The Balaban J connectivity index is 1.17. The first-order valence-corrected chi connectivity index (χ1v) is 13.4. The molecule has 2 aliphatic heterocycles. The van der Waals surface area contributed by atoms with Gasteiger partial charge in [-0.2, -0.15) is 18.3 Å². The van der Waals surface area contributed by atoms with Gasteiger partial charge in [-0.25, -0.2) is 4.98 Å². The van der Waals surface area contributed by atoms with Crippen molar-refractivity contribution >= 4 is 23.5 Å². The predicted octanol–water partition coefficient (Wildman–Crippen LogP) is 4.80. The van der Waals surface area contributed by atoms with Gasteiger partial charge in [-0.15, -0.1) is 11.3 Å². The third kappa shape index (κ3) is 6.15. The first kappa shape index (κ1) is 27.3. The van der Waals surface area contributed by atoms with Gasteiger partial charge in [0.05, 0.1) is 24.4 Å². The minimum absolute atomic E-state index is 0.177. The molecule has 0 spiro atoms. The zero-order chi connectivity index (χ0) is 27.6. The van der Waals surface area contributed by atoms with Crippen LogP contribution in [0.25, 0.3) is 0 Å². The van der Waals surface area contributed by atoms with Crippen LogP contribution in [0.15, 0.2) is 34.8 Å². The number of amides is 1. The van der Waals surface area contributed by atoms with E-state index in [2.05, 4.69) is 10.3 Å². The molecule has 1 atom stereocenters. The standard InChI is InChI=1S/C26H28F3N5O4S/c1-16-10-22(26(27,28)29)32-34(16)12-23(35)33-8-6-17(7-9-33)24-31-21(15-39-24)25-37-13-19-5-3-4-18(11-30-36-2)20(19)14-38-25/h3-5,10-11,15,17,25H,6-9,12-14H2,1-2H3/b30-11+. The zero-order valence-electron chi connectivity index (χ0n) is 21.5. The lowest BCUT2D eigenvalue weighted by atomic mass is 9.97. The summed E-state index contributed by atoms with van der Waals surface area (Å²) >= 11 is 1.54. The molecule has 2 aliphatic rings. The number of fused-ring (bicyclic) bond motifs is 1. The summed E-state index contributed by atoms with van der Waals surface area (Å²) < 4.78 is 52.0. The summed E-state index contributed by atoms with van der Waals surface area (Å²) in [5.74, 6) is -0.0705. The molecule has 1 fully saturated rings. The second kappa shape index (κ2) is 11.4. The van der Waals surface area contributed by atoms with Crippen molar-refractivity contribution in [1.82, 2.24) is 19.7 Å². The van der Waals surface area contributed by atoms with Crippen LogP contribution in [0.4, 0.5) is 13.2 Å². The normalized spacial score (nSPS) is 18.8. The van der Waals surface area contributed by atoms with E-state index in [4.69, 9.17) is 19.3 Å². The summed E-state index contributed by atoms with van der Waals surface area (Å²) in [5.41, 5.74) is 2.94. The SMILES string of the molecule is CO/N=C/c1cccc2c1COC(c1csc(C3CCN(C(=O)Cn4nc(C(F)(F)F)cc4C)CC3)n1)OC2. The summed E-state index contributed by atoms with van der Waals surface area (Å²) in [5, 5.41) is 10.3. The van der Waals surface area contributed by atoms with Crippen molar-refractivity contribution in [2.75, 3.05) is 20.2 Å². The molecule has 2 aromatic heterocycles. The summed E-state index contributed by atoms with van der Waals surface area (Å²) in [6, 6.07) is 6.83. The molecule has 13 heteroatoms. The topological polar surface area (TPSA) is 91.1 Å². The fourth-order valence-electron chi connectivity index (χ4n) is 4.75. The predicted molar refractivity (Wildman–Crippen MR) is 136 cm³/mol. The maximum Gasteiger partial charge on any atom is 0.435 e. The van der Waals surface area contributed by atoms with Gasteiger partial charge in [0.1, 0.15) is 19.3 Å². The highest BCUT2D eigenvalue weighted by molar-refractivity contribution is 7.09. The number of hydrogen-bond donors (Lipinski definition) is 0. The number of alkyl halides is 3. The average Bonchev–Trinajstić information content (AvgIpc) is 3.49. The van der Waals surface area contributed by atoms with E-state index in [-0.39, 0.29) is 18.4 Å². The molecule has 0 aliphatic carbocycles. The van der Waals surface area contributed by atoms with Gasteiger partial charge < -0.3 is 19.2 Å². The van der Waals surface area contributed by atoms with Crippen molar-refractivity contribution in [3.05, 3.63) is 68.4 Å². The number of aromatic nitrogens is 3. The number of aryl methyl sites for hydroxylation is 1. The molecule has 0 radical (unpaired) electrons. The van der Waals surface area contributed by atoms with E-state index in [0.717, 1.165) is 32.4 Å². The van der Waals surface area contributed by atoms with Crippen molar-refractivity contribution in [2.24, 2.45) is 5.16 Å². The van der Waals surface area contributed by atoms with Crippen molar-refractivity contribution in [3.8, 4) is 0 Å². The molecule has 0 bridgehead atoms. The van der Waals surface area contributed by atoms with E-state index < -0.39 is 18.2 Å². The van der Waals surface area contributed by atoms with Gasteiger partial charge in [-0.1, -0.05) is 23.4 Å². The molecule has 1 aromatic carbocycles. The first-order valence-electron chi connectivity index (χ1n) is 12.5. The maximum absolute atomic E-state index is 12.9. The van der Waals surface area contributed by atoms with E-state index in [1.807, 2.05) is 23.6 Å². The van der Waals surface area contributed by atoms with Crippen LogP contribution in [-0.2, 0) is 45.0 Å². The minimum atomic E-state index is -4.54. The fourth-order valence-corrected chi connectivity index (χ4v) is 5.74. The number of oxime groups is 1. The highest BCUT2D eigenvalue weighted by Crippen LogP contribution is 2.35. The summed E-state index contributed by atoms with van der Waals surface area (Å²) in [4.78, 5) is 24.1. The molecule has 5 rings (SSSR count). The summed E-state index contributed by atoms with van der Waals surface area (Å²) in [6.07, 6.45) is -2.07. The number of halogens is 3. The molecule has 0 saturated carbocycles. The number of piperidine rings is 1. The number of rotatable bonds is 6. The molecule has 1 amide bonds. The summed E-state index contributed by atoms with van der Waals surface area (Å²) in [6.45, 7) is 3.02. The van der Waals surface area contributed by atoms with E-state index in [1.54, 1.807) is 22.5 Å². The average molecular weight is 564 g/mol. The van der Waals surface area contributed by atoms with E-state index >= 15 is 0 Å². The Morgan fingerprint density at radius 2 is 2.03 bits per heavy atom. The van der Waals surface area contributed by atoms with E-state index in [0.29, 0.717) is 50.5 Å². The third-order valence-electron chi connectivity index (χ3n) is 6.91. The second-order valence-corrected chi connectivity index (χ2v) is 10.3. The number of carbonyl (C=O) groups excluding carboxylic acids is 1. The Bertz CT molecular complexity index is 1350. The number of thiazole rings is 1. The fraction of sp³-hybridized carbons (Fsp3) is 0.462. The molecule has 1 unspecified atom stereocenters. The van der Waals surface area contributed by atoms with Crippen LogP contribution in [-0.4, -0.2) is 52.0 Å². The summed E-state index contributed by atoms with van der Waals surface area (Å²) in [7, 11) is 1.49. The first-order chi connectivity index (χ1) is 18.7. The van der Waals surface area contributed by atoms with Gasteiger partial charge in [0, 0.05) is 35.6 Å². The monoisotopic (exact) mass is 563 g/mol. The number of hydrogen-bond acceptors (Lipinski definition) is 8. The Morgan fingerprint density at radius 1 is 1.26 bits per heavy atom. The Hall–Kier alpha value is -3.29. The number of nitrogens with zero attached hydrogens (tertiary/aromatic N) is 5. The lowest BCUT2D eigenvalue weighted by Crippen LogP contribution is -2.40. The van der Waals surface area contributed by atoms with Crippen LogP contribution >= 0.6 is 11.3 Å². The van der Waals surface area contributed by atoms with Crippen molar-refractivity contribution in [1.29, 1.82) is 0 Å². The van der Waals surface area contributed by atoms with Crippen LogP contribution in [0.3, 0.4) is 0 Å². The minimum Gasteiger partial charge on any atom is -0.399 e. The van der Waals surface area contributed by atoms with Crippen LogP contribution in [0.1, 0.15) is 63.8 Å². The van der Waals surface area contributed by atoms with Crippen molar-refractivity contribution in [2.45, 2.75) is 57.9 Å². The molecular weight excluding hydrogens is 535 g/mol. The van der Waals surface area contributed by atoms with Crippen LogP contribution in [0.2, 0.25) is 0 Å². The van der Waals surface area contributed by atoms with Crippen LogP contribution in [0, 0.1) is 6.92 Å². The quantitative estimate of drug-likeness (QED) is 0.316. The maximum atomic E-state index is 12.9. The van der Waals surface area contributed by atoms with Gasteiger partial charge in [0.2, 0.25) is 12.2 Å². The van der Waals surface area contributed by atoms with Gasteiger partial charge in [-0.05, 0) is 37.0 Å². The molecule has 1 saturated heterocycles. The Labute approximate surface area is 227 Å². The lowest BCUT2D eigenvalue weighted by molar-refractivity contribution is -0.155. The molecule has 0 N–H and O–H groups in total. The van der Waals surface area contributed by atoms with Gasteiger partial charge in [0.25, 0.3) is 0 Å². The van der Waals surface area contributed by atoms with E-state index in [1.165, 1.54) is 14.0 Å². The molecule has 4 heterocycles. The zero-order valence-corrected chi connectivity index (χ0v) is 22.3. The number of benzene rings is 1. The molecule has 9 nitrogen and oxygen atoms in total. The second-order valence-electron chi connectivity index (χ2n) is 9.45. The van der Waals surface area contributed by atoms with Gasteiger partial charge >= 0.3 is 6.18 Å². The van der Waals surface area contributed by atoms with E-state index in [9.17, 15) is 18.0 Å². The number of likely N-dealkylation sites (tertiary alicyclic amines) is 1. The number of carbonyl (C=O) groups is 1. The Kier molecular flexibility index (Phi) is 8.01. The molecule has 39 heavy (non-hydrogen) atoms. The Morgan fingerprint density at radius 3 is 2.74 bits per heavy atom. The highest BCUT2D eigenvalue weighted by Gasteiger charge is 2.35. The largest absolute Gasteiger partial charge is 0.435 e. The molecular formula is C26H28F3N5O4S. The van der Waals surface area contributed by atoms with Crippen molar-refractivity contribution < 1.29 is 32.3 Å². The number of ether oxygens (including phenoxy) is 2. The lowest BCUT2D eigenvalue weighted by Gasteiger charge is -2.31. The van der Waals surface area contributed by atoms with Crippen LogP contribution < -0.4 is 0 Å². The smallest absolute Gasteiger partial charge is 0.399 e. The third-order valence-corrected chi connectivity index (χ3v) is 7.94. The van der Waals surface area contributed by atoms with Crippen molar-refractivity contribution in [3.63, 3.8) is 0 Å². The van der Waals surface area contributed by atoms with Crippen LogP contribution in [0.5, 0.6) is 0 Å². The van der Waals surface area contributed by atoms with Gasteiger partial charge in [0.15, 0.2) is 5.69 Å². The highest BCUT2D eigenvalue weighted by atomic mass is 32.1.